The van der Waals surface area contributed by atoms with Gasteiger partial charge in [0.1, 0.15) is 0 Å². The summed E-state index contributed by atoms with van der Waals surface area (Å²) in [6.07, 6.45) is 13.2. The summed E-state index contributed by atoms with van der Waals surface area (Å²) in [5, 5.41) is 0. The number of hydrogen-bond donors (Lipinski definition) is 0. The van der Waals surface area contributed by atoms with Crippen LogP contribution in [0.1, 0.15) is 99.3 Å². The molecule has 0 aliphatic rings. The Hall–Kier alpha value is -0.523. The van der Waals surface area contributed by atoms with Gasteiger partial charge in [0.25, 0.3) is 8.32 Å². The van der Waals surface area contributed by atoms with E-state index in [1.807, 2.05) is 6.08 Å². The third kappa shape index (κ3) is 8.54. The molecule has 1 nitrogen and oxygen atoms in total. The summed E-state index contributed by atoms with van der Waals surface area (Å²) >= 11 is 0. The second-order valence-corrected chi connectivity index (χ2v) is 12.0. The van der Waals surface area contributed by atoms with Crippen LogP contribution in [0.15, 0.2) is 12.7 Å². The lowest BCUT2D eigenvalue weighted by Gasteiger charge is -2.36. The molecular weight excluding hydrogens is 308 g/mol. The van der Waals surface area contributed by atoms with Crippen molar-refractivity contribution in [3.05, 3.63) is 12.7 Å². The minimum absolute atomic E-state index is 0.169. The van der Waals surface area contributed by atoms with Crippen molar-refractivity contribution in [1.29, 1.82) is 0 Å². The van der Waals surface area contributed by atoms with Crippen molar-refractivity contribution < 1.29 is 4.43 Å². The lowest BCUT2D eigenvalue weighted by molar-refractivity contribution is 0.216. The molecule has 0 unspecified atom stereocenters. The highest BCUT2D eigenvalue weighted by Gasteiger charge is 2.42. The van der Waals surface area contributed by atoms with Crippen LogP contribution >= 0.6 is 0 Å². The minimum Gasteiger partial charge on any atom is -0.398 e. The predicted octanol–water partition coefficient (Wildman–Crippen LogP) is 7.42. The van der Waals surface area contributed by atoms with Gasteiger partial charge >= 0.3 is 0 Å². The highest BCUT2D eigenvalue weighted by Crippen LogP contribution is 2.35. The van der Waals surface area contributed by atoms with Gasteiger partial charge < -0.3 is 4.43 Å². The topological polar surface area (TPSA) is 9.23 Å². The van der Waals surface area contributed by atoms with Crippen molar-refractivity contribution in [2.75, 3.05) is 0 Å². The molecule has 0 aromatic carbocycles. The molecule has 24 heavy (non-hydrogen) atoms. The third-order valence-corrected chi connectivity index (χ3v) is 9.55. The standard InChI is InChI=1S/C22H42OSi/c1-8-11-13-14-15-17-19-24(20(4)5,21(6)7)23-22(10-3)18-16-12-9-2/h10,20-22H,3,8-9,11-16,18H2,1-2,4-7H3/t22-/m0/s1. The van der Waals surface area contributed by atoms with E-state index in [1.165, 1.54) is 44.9 Å². The quantitative estimate of drug-likeness (QED) is 0.145. The van der Waals surface area contributed by atoms with Crippen LogP contribution in [0.4, 0.5) is 0 Å². The lowest BCUT2D eigenvalue weighted by Crippen LogP contribution is -2.46. The summed E-state index contributed by atoms with van der Waals surface area (Å²) in [5.74, 6) is 3.50. The summed E-state index contributed by atoms with van der Waals surface area (Å²) in [5.41, 5.74) is 4.70. The Balaban J connectivity index is 4.99. The molecule has 0 aromatic heterocycles. The molecule has 140 valence electrons. The smallest absolute Gasteiger partial charge is 0.277 e. The molecule has 0 spiro atoms. The molecule has 0 amide bonds. The normalized spacial score (nSPS) is 13.0. The number of unbranched alkanes of at least 4 members (excludes halogenated alkanes) is 6. The first-order valence-corrected chi connectivity index (χ1v) is 12.3. The van der Waals surface area contributed by atoms with Gasteiger partial charge in [0, 0.05) is 6.42 Å². The van der Waals surface area contributed by atoms with E-state index >= 15 is 0 Å². The molecule has 2 heteroatoms. The third-order valence-electron chi connectivity index (χ3n) is 4.86. The van der Waals surface area contributed by atoms with Crippen LogP contribution in [0.2, 0.25) is 11.1 Å². The van der Waals surface area contributed by atoms with Crippen LogP contribution < -0.4 is 0 Å². The van der Waals surface area contributed by atoms with Crippen LogP contribution in [0.5, 0.6) is 0 Å². The highest BCUT2D eigenvalue weighted by atomic mass is 28.4. The largest absolute Gasteiger partial charge is 0.398 e. The molecule has 0 bridgehead atoms. The fraction of sp³-hybridized carbons (Fsp3) is 0.818. The summed E-state index contributed by atoms with van der Waals surface area (Å²) in [7, 11) is -2.10. The van der Waals surface area contributed by atoms with Gasteiger partial charge in [0.15, 0.2) is 0 Å². The summed E-state index contributed by atoms with van der Waals surface area (Å²) in [4.78, 5) is 0. The number of rotatable bonds is 13. The van der Waals surface area contributed by atoms with Gasteiger partial charge in [0.2, 0.25) is 0 Å². The van der Waals surface area contributed by atoms with E-state index in [-0.39, 0.29) is 6.10 Å². The Kier molecular flexibility index (Phi) is 13.4. The highest BCUT2D eigenvalue weighted by molar-refractivity contribution is 6.84. The first-order chi connectivity index (χ1) is 11.4. The molecule has 0 radical (unpaired) electrons. The monoisotopic (exact) mass is 350 g/mol. The first-order valence-electron chi connectivity index (χ1n) is 10.2. The second-order valence-electron chi connectivity index (χ2n) is 7.60. The molecule has 0 rings (SSSR count). The minimum atomic E-state index is -2.10. The fourth-order valence-electron chi connectivity index (χ4n) is 3.17. The molecule has 0 saturated heterocycles. The maximum atomic E-state index is 6.73. The van der Waals surface area contributed by atoms with Crippen LogP contribution in [-0.2, 0) is 4.43 Å². The van der Waals surface area contributed by atoms with E-state index in [2.05, 4.69) is 59.6 Å². The van der Waals surface area contributed by atoms with Gasteiger partial charge in [-0.1, -0.05) is 91.7 Å². The van der Waals surface area contributed by atoms with Crippen molar-refractivity contribution in [2.45, 2.75) is 117 Å². The van der Waals surface area contributed by atoms with Crippen LogP contribution in [0, 0.1) is 11.5 Å². The van der Waals surface area contributed by atoms with Crippen molar-refractivity contribution in [1.82, 2.24) is 0 Å². The Morgan fingerprint density at radius 2 is 1.50 bits per heavy atom. The second kappa shape index (κ2) is 13.7. The Morgan fingerprint density at radius 1 is 0.917 bits per heavy atom. The van der Waals surface area contributed by atoms with Gasteiger partial charge in [-0.25, -0.2) is 0 Å². The Morgan fingerprint density at radius 3 is 2.00 bits per heavy atom. The molecule has 0 aliphatic heterocycles. The molecule has 0 aromatic rings. The Bertz CT molecular complexity index is 367. The van der Waals surface area contributed by atoms with Crippen molar-refractivity contribution >= 4 is 8.32 Å². The SMILES string of the molecule is C=C[C@@H](CCCCC)O[Si](C#CCCCCCC)(C(C)C)C(C)C. The van der Waals surface area contributed by atoms with E-state index in [9.17, 15) is 0 Å². The maximum absolute atomic E-state index is 6.73. The molecule has 1 atom stereocenters. The predicted molar refractivity (Wildman–Crippen MR) is 112 cm³/mol. The van der Waals surface area contributed by atoms with E-state index in [4.69, 9.17) is 4.43 Å². The average molecular weight is 351 g/mol. The molecular formula is C22H42OSi. The average Bonchev–Trinajstić information content (AvgIpc) is 2.55. The summed E-state index contributed by atoms with van der Waals surface area (Å²) in [6.45, 7) is 17.7. The van der Waals surface area contributed by atoms with Gasteiger partial charge in [-0.15, -0.1) is 12.5 Å². The molecule has 0 aliphatic carbocycles. The van der Waals surface area contributed by atoms with Gasteiger partial charge in [-0.05, 0) is 23.9 Å². The number of hydrogen-bond acceptors (Lipinski definition) is 1. The Labute approximate surface area is 153 Å². The van der Waals surface area contributed by atoms with E-state index in [0.29, 0.717) is 11.1 Å². The van der Waals surface area contributed by atoms with Gasteiger partial charge in [0.05, 0.1) is 6.10 Å². The molecule has 0 fully saturated rings. The lowest BCUT2D eigenvalue weighted by atomic mass is 10.1. The zero-order valence-electron chi connectivity index (χ0n) is 17.3. The van der Waals surface area contributed by atoms with E-state index in [0.717, 1.165) is 12.8 Å². The fourth-order valence-corrected chi connectivity index (χ4v) is 6.80. The van der Waals surface area contributed by atoms with E-state index in [1.54, 1.807) is 0 Å². The maximum Gasteiger partial charge on any atom is 0.277 e. The van der Waals surface area contributed by atoms with Crippen LogP contribution in [0.25, 0.3) is 0 Å². The van der Waals surface area contributed by atoms with Gasteiger partial charge in [-0.3, -0.25) is 0 Å². The van der Waals surface area contributed by atoms with Gasteiger partial charge in [-0.2, -0.15) is 0 Å². The summed E-state index contributed by atoms with van der Waals surface area (Å²) < 4.78 is 6.73. The van der Waals surface area contributed by atoms with E-state index < -0.39 is 8.32 Å². The zero-order chi connectivity index (χ0) is 18.4. The summed E-state index contributed by atoms with van der Waals surface area (Å²) in [6, 6.07) is 0. The van der Waals surface area contributed by atoms with Crippen molar-refractivity contribution in [3.63, 3.8) is 0 Å². The molecule has 0 N–H and O–H groups in total. The zero-order valence-corrected chi connectivity index (χ0v) is 18.3. The van der Waals surface area contributed by atoms with Crippen molar-refractivity contribution in [2.24, 2.45) is 0 Å². The molecule has 0 saturated carbocycles. The van der Waals surface area contributed by atoms with Crippen LogP contribution in [-0.4, -0.2) is 14.4 Å². The van der Waals surface area contributed by atoms with Crippen LogP contribution in [0.3, 0.4) is 0 Å². The molecule has 0 heterocycles. The first kappa shape index (κ1) is 23.5. The van der Waals surface area contributed by atoms with Crippen molar-refractivity contribution in [3.8, 4) is 11.5 Å².